The Morgan fingerprint density at radius 1 is 1.17 bits per heavy atom. The van der Waals surface area contributed by atoms with E-state index in [-0.39, 0.29) is 16.4 Å². The van der Waals surface area contributed by atoms with Crippen LogP contribution in [0.25, 0.3) is 21.5 Å². The molecule has 0 saturated heterocycles. The van der Waals surface area contributed by atoms with Crippen LogP contribution in [-0.2, 0) is 6.54 Å². The second kappa shape index (κ2) is 7.96. The minimum absolute atomic E-state index is 0.223. The number of carbonyl (C=O) groups excluding carboxylic acids is 1. The van der Waals surface area contributed by atoms with Gasteiger partial charge in [-0.15, -0.1) is 10.2 Å². The Morgan fingerprint density at radius 2 is 1.90 bits per heavy atom. The number of aromatic nitrogens is 3. The van der Waals surface area contributed by atoms with E-state index in [9.17, 15) is 14.7 Å². The van der Waals surface area contributed by atoms with Gasteiger partial charge in [0.05, 0.1) is 12.6 Å². The Morgan fingerprint density at radius 3 is 2.60 bits per heavy atom. The summed E-state index contributed by atoms with van der Waals surface area (Å²) in [4.78, 5) is 25.7. The number of para-hydroxylation sites is 1. The smallest absolute Gasteiger partial charge is 0.267 e. The van der Waals surface area contributed by atoms with Gasteiger partial charge < -0.3 is 14.4 Å². The van der Waals surface area contributed by atoms with Crippen molar-refractivity contribution >= 4 is 33.3 Å². The van der Waals surface area contributed by atoms with E-state index in [1.54, 1.807) is 50.4 Å². The number of hydrogen-bond donors (Lipinski definition) is 2. The van der Waals surface area contributed by atoms with Crippen molar-refractivity contribution in [2.75, 3.05) is 12.4 Å². The molecule has 0 atom stereocenters. The second-order valence-corrected chi connectivity index (χ2v) is 7.36. The second-order valence-electron chi connectivity index (χ2n) is 6.39. The maximum Gasteiger partial charge on any atom is 0.267 e. The minimum atomic E-state index is -0.733. The Hall–Kier alpha value is -3.72. The summed E-state index contributed by atoms with van der Waals surface area (Å²) < 4.78 is 6.59. The number of nitrogens with one attached hydrogen (secondary N) is 1. The third-order valence-corrected chi connectivity index (χ3v) is 5.56. The molecule has 152 valence electrons. The van der Waals surface area contributed by atoms with Crippen LogP contribution in [0.15, 0.2) is 53.3 Å². The van der Waals surface area contributed by atoms with E-state index in [1.165, 1.54) is 4.57 Å². The first-order chi connectivity index (χ1) is 14.5. The van der Waals surface area contributed by atoms with Crippen molar-refractivity contribution in [3.63, 3.8) is 0 Å². The number of ether oxygens (including phenoxy) is 1. The number of anilines is 1. The molecule has 1 amide bonds. The molecule has 0 spiro atoms. The van der Waals surface area contributed by atoms with Crippen molar-refractivity contribution in [3.05, 3.63) is 64.4 Å². The van der Waals surface area contributed by atoms with Crippen molar-refractivity contribution in [3.8, 4) is 22.1 Å². The number of carbonyl (C=O) groups is 1. The van der Waals surface area contributed by atoms with Crippen LogP contribution in [-0.4, -0.2) is 32.9 Å². The van der Waals surface area contributed by atoms with Gasteiger partial charge >= 0.3 is 0 Å². The normalized spacial score (nSPS) is 10.9. The van der Waals surface area contributed by atoms with E-state index in [0.29, 0.717) is 22.5 Å². The van der Waals surface area contributed by atoms with Crippen LogP contribution in [0, 0.1) is 0 Å². The molecule has 2 aromatic carbocycles. The molecule has 4 aromatic rings. The molecule has 0 radical (unpaired) electrons. The average Bonchev–Trinajstić information content (AvgIpc) is 3.22. The van der Waals surface area contributed by atoms with Gasteiger partial charge in [-0.2, -0.15) is 0 Å². The number of pyridine rings is 1. The van der Waals surface area contributed by atoms with Crippen molar-refractivity contribution in [1.29, 1.82) is 0 Å². The summed E-state index contributed by atoms with van der Waals surface area (Å²) in [7, 11) is 1.59. The quantitative estimate of drug-likeness (QED) is 0.510. The zero-order valence-electron chi connectivity index (χ0n) is 16.2. The van der Waals surface area contributed by atoms with Crippen molar-refractivity contribution in [2.45, 2.75) is 13.5 Å². The fourth-order valence-corrected chi connectivity index (χ4v) is 3.94. The molecule has 2 heterocycles. The van der Waals surface area contributed by atoms with Crippen molar-refractivity contribution < 1.29 is 14.6 Å². The molecule has 0 bridgehead atoms. The van der Waals surface area contributed by atoms with Gasteiger partial charge in [0.15, 0.2) is 0 Å². The first kappa shape index (κ1) is 19.6. The molecule has 0 aliphatic carbocycles. The number of nitrogens with zero attached hydrogens (tertiary/aromatic N) is 3. The van der Waals surface area contributed by atoms with Crippen LogP contribution in [0.1, 0.15) is 17.3 Å². The lowest BCUT2D eigenvalue weighted by atomic mass is 10.1. The summed E-state index contributed by atoms with van der Waals surface area (Å²) in [5, 5.41) is 22.5. The summed E-state index contributed by atoms with van der Waals surface area (Å²) in [6.45, 7) is 2.17. The van der Waals surface area contributed by atoms with E-state index in [4.69, 9.17) is 4.74 Å². The van der Waals surface area contributed by atoms with Gasteiger partial charge in [-0.3, -0.25) is 14.9 Å². The van der Waals surface area contributed by atoms with Gasteiger partial charge in [0.1, 0.15) is 22.1 Å². The van der Waals surface area contributed by atoms with Crippen LogP contribution in [0.4, 0.5) is 5.13 Å². The monoisotopic (exact) mass is 422 g/mol. The summed E-state index contributed by atoms with van der Waals surface area (Å²) in [6.07, 6.45) is 0. The third-order valence-electron chi connectivity index (χ3n) is 4.67. The maximum absolute atomic E-state index is 12.9. The van der Waals surface area contributed by atoms with Gasteiger partial charge in [0.25, 0.3) is 11.5 Å². The fraction of sp³-hybridized carbons (Fsp3) is 0.143. The lowest BCUT2D eigenvalue weighted by Crippen LogP contribution is -2.29. The van der Waals surface area contributed by atoms with Crippen LogP contribution in [0.5, 0.6) is 11.5 Å². The molecule has 2 N–H and O–H groups in total. The zero-order valence-corrected chi connectivity index (χ0v) is 17.1. The molecule has 4 rings (SSSR count). The number of aryl methyl sites for hydroxylation is 1. The minimum Gasteiger partial charge on any atom is -0.506 e. The Labute approximate surface area is 175 Å². The largest absolute Gasteiger partial charge is 0.506 e. The van der Waals surface area contributed by atoms with Gasteiger partial charge in [-0.05, 0) is 43.3 Å². The first-order valence-electron chi connectivity index (χ1n) is 9.17. The van der Waals surface area contributed by atoms with E-state index in [0.717, 1.165) is 22.6 Å². The van der Waals surface area contributed by atoms with Gasteiger partial charge in [-0.1, -0.05) is 23.5 Å². The van der Waals surface area contributed by atoms with Gasteiger partial charge in [0.2, 0.25) is 5.13 Å². The van der Waals surface area contributed by atoms with Crippen LogP contribution >= 0.6 is 11.3 Å². The van der Waals surface area contributed by atoms with Gasteiger partial charge in [0, 0.05) is 17.5 Å². The Balaban J connectivity index is 1.67. The van der Waals surface area contributed by atoms with E-state index >= 15 is 0 Å². The summed E-state index contributed by atoms with van der Waals surface area (Å²) >= 11 is 1.16. The SMILES string of the molecule is CCn1c(=O)c(C(=O)Nc2nnc(-c3ccc(OC)cc3)s2)c(O)c2ccccc21. The highest BCUT2D eigenvalue weighted by molar-refractivity contribution is 7.18. The molecule has 0 unspecified atom stereocenters. The van der Waals surface area contributed by atoms with E-state index < -0.39 is 11.5 Å². The highest BCUT2D eigenvalue weighted by Gasteiger charge is 2.23. The Kier molecular flexibility index (Phi) is 5.20. The zero-order chi connectivity index (χ0) is 21.3. The van der Waals surface area contributed by atoms with E-state index in [2.05, 4.69) is 15.5 Å². The van der Waals surface area contributed by atoms with Crippen LogP contribution in [0.2, 0.25) is 0 Å². The number of benzene rings is 2. The third kappa shape index (κ3) is 3.39. The number of fused-ring (bicyclic) bond motifs is 1. The number of hydrogen-bond acceptors (Lipinski definition) is 7. The number of amides is 1. The molecule has 0 saturated carbocycles. The standard InChI is InChI=1S/C21H18N4O4S/c1-3-25-15-7-5-4-6-14(15)17(26)16(20(25)28)18(27)22-21-24-23-19(30-21)12-8-10-13(29-2)11-9-12/h4-11,26H,3H2,1-2H3,(H,22,24,27). The Bertz CT molecular complexity index is 1290. The molecule has 9 heteroatoms. The topological polar surface area (TPSA) is 106 Å². The molecule has 2 aromatic heterocycles. The summed E-state index contributed by atoms with van der Waals surface area (Å²) in [6, 6.07) is 14.2. The summed E-state index contributed by atoms with van der Waals surface area (Å²) in [5.74, 6) is -0.364. The lowest BCUT2D eigenvalue weighted by Gasteiger charge is -2.12. The first-order valence-corrected chi connectivity index (χ1v) is 9.99. The molecule has 0 fully saturated rings. The number of aromatic hydroxyl groups is 1. The molecule has 30 heavy (non-hydrogen) atoms. The summed E-state index contributed by atoms with van der Waals surface area (Å²) in [5.41, 5.74) is 0.496. The van der Waals surface area contributed by atoms with Crippen molar-refractivity contribution in [1.82, 2.24) is 14.8 Å². The molecule has 8 nitrogen and oxygen atoms in total. The number of methoxy groups -OCH3 is 1. The number of rotatable bonds is 5. The van der Waals surface area contributed by atoms with Gasteiger partial charge in [-0.25, -0.2) is 0 Å². The van der Waals surface area contributed by atoms with E-state index in [1.807, 2.05) is 12.1 Å². The average molecular weight is 422 g/mol. The van der Waals surface area contributed by atoms with Crippen molar-refractivity contribution in [2.24, 2.45) is 0 Å². The molecular weight excluding hydrogens is 404 g/mol. The molecule has 0 aliphatic heterocycles. The molecular formula is C21H18N4O4S. The molecule has 0 aliphatic rings. The maximum atomic E-state index is 12.9. The highest BCUT2D eigenvalue weighted by atomic mass is 32.1. The lowest BCUT2D eigenvalue weighted by molar-refractivity contribution is 0.102. The fourth-order valence-electron chi connectivity index (χ4n) is 3.19. The van der Waals surface area contributed by atoms with Crippen LogP contribution in [0.3, 0.4) is 0 Å². The predicted molar refractivity (Wildman–Crippen MR) is 115 cm³/mol. The predicted octanol–water partition coefficient (Wildman–Crippen LogP) is 3.51. The highest BCUT2D eigenvalue weighted by Crippen LogP contribution is 2.30. The van der Waals surface area contributed by atoms with Crippen LogP contribution < -0.4 is 15.6 Å².